The second-order valence-electron chi connectivity index (χ2n) is 5.31. The van der Waals surface area contributed by atoms with Gasteiger partial charge in [-0.1, -0.05) is 18.2 Å². The Labute approximate surface area is 117 Å². The summed E-state index contributed by atoms with van der Waals surface area (Å²) in [7, 11) is 0. The summed E-state index contributed by atoms with van der Waals surface area (Å²) in [4.78, 5) is 0. The van der Waals surface area contributed by atoms with Gasteiger partial charge < -0.3 is 5.32 Å². The number of hydrogen-bond donors (Lipinski definition) is 1. The van der Waals surface area contributed by atoms with Gasteiger partial charge in [0.05, 0.1) is 0 Å². The number of piperidine rings is 1. The highest BCUT2D eigenvalue weighted by molar-refractivity contribution is 5.64. The summed E-state index contributed by atoms with van der Waals surface area (Å²) in [6.07, 6.45) is 2.04. The van der Waals surface area contributed by atoms with Crippen molar-refractivity contribution in [3.63, 3.8) is 0 Å². The molecule has 1 saturated heterocycles. The minimum Gasteiger partial charge on any atom is -0.317 e. The van der Waals surface area contributed by atoms with E-state index >= 15 is 0 Å². The highest BCUT2D eigenvalue weighted by atomic mass is 19.1. The molecule has 0 radical (unpaired) electrons. The fourth-order valence-electron chi connectivity index (χ4n) is 2.84. The Balaban J connectivity index is 1.97. The van der Waals surface area contributed by atoms with E-state index in [-0.39, 0.29) is 11.6 Å². The molecule has 0 aromatic heterocycles. The van der Waals surface area contributed by atoms with Crippen molar-refractivity contribution >= 4 is 0 Å². The van der Waals surface area contributed by atoms with E-state index < -0.39 is 0 Å². The number of benzene rings is 2. The van der Waals surface area contributed by atoms with Crippen molar-refractivity contribution in [1.29, 1.82) is 0 Å². The Morgan fingerprint density at radius 3 is 2.35 bits per heavy atom. The molecule has 1 N–H and O–H groups in total. The average molecular weight is 273 g/mol. The van der Waals surface area contributed by atoms with Crippen molar-refractivity contribution in [3.05, 3.63) is 59.7 Å². The van der Waals surface area contributed by atoms with Crippen molar-refractivity contribution < 1.29 is 8.78 Å². The molecule has 104 valence electrons. The van der Waals surface area contributed by atoms with Gasteiger partial charge in [0.1, 0.15) is 11.6 Å². The molecule has 1 aliphatic heterocycles. The zero-order valence-electron chi connectivity index (χ0n) is 11.2. The largest absolute Gasteiger partial charge is 0.317 e. The van der Waals surface area contributed by atoms with Gasteiger partial charge in [-0.2, -0.15) is 0 Å². The maximum absolute atomic E-state index is 13.9. The summed E-state index contributed by atoms with van der Waals surface area (Å²) in [5.74, 6) is -0.158. The van der Waals surface area contributed by atoms with E-state index in [1.807, 2.05) is 12.1 Å². The number of rotatable bonds is 2. The number of halogens is 2. The van der Waals surface area contributed by atoms with Crippen LogP contribution < -0.4 is 5.32 Å². The van der Waals surface area contributed by atoms with Gasteiger partial charge in [-0.05, 0) is 72.8 Å². The molecule has 0 saturated carbocycles. The molecule has 0 spiro atoms. The van der Waals surface area contributed by atoms with Crippen LogP contribution in [0.5, 0.6) is 0 Å². The van der Waals surface area contributed by atoms with E-state index in [1.54, 1.807) is 12.1 Å². The minimum atomic E-state index is -0.296. The van der Waals surface area contributed by atoms with Gasteiger partial charge in [0.2, 0.25) is 0 Å². The molecule has 20 heavy (non-hydrogen) atoms. The van der Waals surface area contributed by atoms with Gasteiger partial charge in [-0.3, -0.25) is 0 Å². The summed E-state index contributed by atoms with van der Waals surface area (Å²) in [5.41, 5.74) is 2.49. The van der Waals surface area contributed by atoms with Crippen LogP contribution in [0.4, 0.5) is 8.78 Å². The lowest BCUT2D eigenvalue weighted by Crippen LogP contribution is -2.26. The third-order valence-electron chi connectivity index (χ3n) is 3.89. The van der Waals surface area contributed by atoms with Gasteiger partial charge in [0, 0.05) is 0 Å². The Morgan fingerprint density at radius 1 is 0.850 bits per heavy atom. The molecule has 0 amide bonds. The van der Waals surface area contributed by atoms with Crippen LogP contribution in [-0.2, 0) is 0 Å². The molecule has 3 heteroatoms. The predicted octanol–water partition coefficient (Wildman–Crippen LogP) is 4.10. The van der Waals surface area contributed by atoms with E-state index in [9.17, 15) is 8.78 Å². The van der Waals surface area contributed by atoms with E-state index in [0.29, 0.717) is 5.92 Å². The summed E-state index contributed by atoms with van der Waals surface area (Å²) < 4.78 is 27.2. The first-order valence-corrected chi connectivity index (χ1v) is 6.99. The fourth-order valence-corrected chi connectivity index (χ4v) is 2.84. The first-order valence-electron chi connectivity index (χ1n) is 6.99. The quantitative estimate of drug-likeness (QED) is 0.868. The van der Waals surface area contributed by atoms with E-state index in [1.165, 1.54) is 18.2 Å². The molecule has 0 bridgehead atoms. The standard InChI is InChI=1S/C17H17F2N/c18-16-3-1-2-13(9-16)15-8-14(10-17(19)11-15)12-4-6-20-7-5-12/h1-3,8-12,20H,4-7H2. The van der Waals surface area contributed by atoms with Gasteiger partial charge in [-0.15, -0.1) is 0 Å². The fraction of sp³-hybridized carbons (Fsp3) is 0.294. The maximum atomic E-state index is 13.9. The summed E-state index contributed by atoms with van der Waals surface area (Å²) >= 11 is 0. The summed E-state index contributed by atoms with van der Waals surface area (Å²) in [6.45, 7) is 1.94. The van der Waals surface area contributed by atoms with Crippen LogP contribution >= 0.6 is 0 Å². The Morgan fingerprint density at radius 2 is 1.60 bits per heavy atom. The molecule has 1 fully saturated rings. The first-order chi connectivity index (χ1) is 9.72. The third-order valence-corrected chi connectivity index (χ3v) is 3.89. The molecule has 0 unspecified atom stereocenters. The van der Waals surface area contributed by atoms with E-state index in [2.05, 4.69) is 5.32 Å². The zero-order chi connectivity index (χ0) is 13.9. The van der Waals surface area contributed by atoms with Gasteiger partial charge in [0.15, 0.2) is 0 Å². The van der Waals surface area contributed by atoms with Crippen molar-refractivity contribution in [1.82, 2.24) is 5.32 Å². The molecule has 3 rings (SSSR count). The monoisotopic (exact) mass is 273 g/mol. The van der Waals surface area contributed by atoms with Crippen LogP contribution in [0.15, 0.2) is 42.5 Å². The van der Waals surface area contributed by atoms with Gasteiger partial charge in [0.25, 0.3) is 0 Å². The molecular formula is C17H17F2N. The lowest BCUT2D eigenvalue weighted by molar-refractivity contribution is 0.458. The Bertz CT molecular complexity index is 604. The zero-order valence-corrected chi connectivity index (χ0v) is 11.2. The number of hydrogen-bond acceptors (Lipinski definition) is 1. The lowest BCUT2D eigenvalue weighted by atomic mass is 9.88. The molecule has 1 aliphatic rings. The van der Waals surface area contributed by atoms with Crippen molar-refractivity contribution in [3.8, 4) is 11.1 Å². The van der Waals surface area contributed by atoms with E-state index in [0.717, 1.165) is 42.6 Å². The van der Waals surface area contributed by atoms with E-state index in [4.69, 9.17) is 0 Å². The molecule has 1 heterocycles. The lowest BCUT2D eigenvalue weighted by Gasteiger charge is -2.23. The van der Waals surface area contributed by atoms with Crippen LogP contribution in [-0.4, -0.2) is 13.1 Å². The summed E-state index contributed by atoms with van der Waals surface area (Å²) in [5, 5.41) is 3.31. The van der Waals surface area contributed by atoms with Crippen molar-refractivity contribution in [2.24, 2.45) is 0 Å². The first kappa shape index (κ1) is 13.3. The predicted molar refractivity (Wildman–Crippen MR) is 76.6 cm³/mol. The normalized spacial score (nSPS) is 16.3. The molecule has 1 nitrogen and oxygen atoms in total. The molecule has 2 aromatic carbocycles. The maximum Gasteiger partial charge on any atom is 0.124 e. The number of nitrogens with one attached hydrogen (secondary N) is 1. The van der Waals surface area contributed by atoms with Gasteiger partial charge >= 0.3 is 0 Å². The topological polar surface area (TPSA) is 12.0 Å². The highest BCUT2D eigenvalue weighted by Gasteiger charge is 2.16. The minimum absolute atomic E-state index is 0.250. The Kier molecular flexibility index (Phi) is 3.79. The SMILES string of the molecule is Fc1cccc(-c2cc(F)cc(C3CCNCC3)c2)c1. The van der Waals surface area contributed by atoms with Crippen LogP contribution in [0.25, 0.3) is 11.1 Å². The third kappa shape index (κ3) is 2.88. The smallest absolute Gasteiger partial charge is 0.124 e. The Hall–Kier alpha value is -1.74. The van der Waals surface area contributed by atoms with Crippen LogP contribution in [0.1, 0.15) is 24.3 Å². The molecule has 0 atom stereocenters. The molecular weight excluding hydrogens is 256 g/mol. The molecule has 2 aromatic rings. The van der Waals surface area contributed by atoms with Crippen molar-refractivity contribution in [2.45, 2.75) is 18.8 Å². The second kappa shape index (κ2) is 5.71. The average Bonchev–Trinajstić information content (AvgIpc) is 2.47. The van der Waals surface area contributed by atoms with Gasteiger partial charge in [-0.25, -0.2) is 8.78 Å². The molecule has 0 aliphatic carbocycles. The van der Waals surface area contributed by atoms with Crippen LogP contribution in [0, 0.1) is 11.6 Å². The van der Waals surface area contributed by atoms with Crippen LogP contribution in [0.3, 0.4) is 0 Å². The van der Waals surface area contributed by atoms with Crippen LogP contribution in [0.2, 0.25) is 0 Å². The second-order valence-corrected chi connectivity index (χ2v) is 5.31. The van der Waals surface area contributed by atoms with Crippen molar-refractivity contribution in [2.75, 3.05) is 13.1 Å². The summed E-state index contributed by atoms with van der Waals surface area (Å²) in [6, 6.07) is 11.4. The highest BCUT2D eigenvalue weighted by Crippen LogP contribution is 2.30.